The molecule has 20 heavy (non-hydrogen) atoms. The predicted molar refractivity (Wildman–Crippen MR) is 74.4 cm³/mol. The fraction of sp³-hybridized carbons (Fsp3) is 0.500. The number of carbonyl (C=O) groups is 1. The van der Waals surface area contributed by atoms with Gasteiger partial charge in [0, 0.05) is 12.1 Å². The van der Waals surface area contributed by atoms with Crippen molar-refractivity contribution in [3.05, 3.63) is 23.5 Å². The molecule has 0 bridgehead atoms. The Hall–Kier alpha value is -1.71. The molecule has 0 aromatic carbocycles. The largest absolute Gasteiger partial charge is 0.495 e. The van der Waals surface area contributed by atoms with Crippen LogP contribution in [0.1, 0.15) is 39.1 Å². The van der Waals surface area contributed by atoms with Crippen molar-refractivity contribution in [3.63, 3.8) is 0 Å². The van der Waals surface area contributed by atoms with Crippen LogP contribution in [0, 0.1) is 11.3 Å². The molecule has 5 nitrogen and oxygen atoms in total. The van der Waals surface area contributed by atoms with E-state index in [1.165, 1.54) is 0 Å². The molecule has 0 radical (unpaired) electrons. The van der Waals surface area contributed by atoms with Gasteiger partial charge in [0.2, 0.25) is 0 Å². The van der Waals surface area contributed by atoms with E-state index in [0.717, 1.165) is 6.29 Å². The van der Waals surface area contributed by atoms with Crippen LogP contribution in [0.2, 0.25) is 0 Å². The zero-order valence-electron chi connectivity index (χ0n) is 12.1. The number of carbonyl (C=O) groups excluding carboxylic acids is 1. The first-order chi connectivity index (χ1) is 9.29. The van der Waals surface area contributed by atoms with Crippen molar-refractivity contribution < 1.29 is 14.1 Å². The highest BCUT2D eigenvalue weighted by atomic mass is 16.7. The fourth-order valence-corrected chi connectivity index (χ4v) is 1.97. The van der Waals surface area contributed by atoms with E-state index in [9.17, 15) is 4.79 Å². The van der Waals surface area contributed by atoms with Gasteiger partial charge in [0.1, 0.15) is 18.0 Å². The van der Waals surface area contributed by atoms with Crippen LogP contribution in [0.5, 0.6) is 0 Å². The maximum absolute atomic E-state index is 10.6. The van der Waals surface area contributed by atoms with Gasteiger partial charge in [-0.1, -0.05) is 0 Å². The van der Waals surface area contributed by atoms with E-state index < -0.39 is 18.3 Å². The van der Waals surface area contributed by atoms with Crippen LogP contribution in [0.4, 0.5) is 0 Å². The first-order valence-corrected chi connectivity index (χ1v) is 6.49. The topological polar surface area (TPSA) is 72.2 Å². The lowest BCUT2D eigenvalue weighted by Crippen LogP contribution is -2.41. The molecule has 1 aliphatic rings. The molecule has 104 valence electrons. The highest BCUT2D eigenvalue weighted by Crippen LogP contribution is 2.36. The van der Waals surface area contributed by atoms with E-state index in [4.69, 9.17) is 14.6 Å². The van der Waals surface area contributed by atoms with Crippen molar-refractivity contribution in [2.24, 2.45) is 0 Å². The summed E-state index contributed by atoms with van der Waals surface area (Å²) in [5, 5.41) is 9.02. The van der Waals surface area contributed by atoms with Gasteiger partial charge in [0.05, 0.1) is 11.2 Å². The average molecular weight is 272 g/mol. The molecule has 1 aromatic heterocycles. The second kappa shape index (κ2) is 5.00. The molecular weight excluding hydrogens is 255 g/mol. The average Bonchev–Trinajstić information content (AvgIpc) is 2.58. The number of hydrogen-bond acceptors (Lipinski definition) is 5. The first-order valence-electron chi connectivity index (χ1n) is 6.49. The summed E-state index contributed by atoms with van der Waals surface area (Å²) in [6.07, 6.45) is 0.930. The molecule has 1 aliphatic heterocycles. The third-order valence-electron chi connectivity index (χ3n) is 3.83. The Bertz CT molecular complexity index is 562. The smallest absolute Gasteiger partial charge is 0.399 e. The number of aromatic nitrogens is 1. The van der Waals surface area contributed by atoms with Crippen molar-refractivity contribution in [3.8, 4) is 6.07 Å². The summed E-state index contributed by atoms with van der Waals surface area (Å²) < 4.78 is 11.9. The maximum atomic E-state index is 10.6. The highest BCUT2D eigenvalue weighted by molar-refractivity contribution is 6.62. The van der Waals surface area contributed by atoms with Gasteiger partial charge in [-0.25, -0.2) is 4.98 Å². The molecule has 0 spiro atoms. The Morgan fingerprint density at radius 2 is 1.90 bits per heavy atom. The summed E-state index contributed by atoms with van der Waals surface area (Å²) in [6.45, 7) is 7.86. The van der Waals surface area contributed by atoms with Gasteiger partial charge in [0.15, 0.2) is 0 Å². The Balaban J connectivity index is 2.37. The minimum absolute atomic E-state index is 0.169. The molecule has 0 unspecified atom stereocenters. The Labute approximate surface area is 119 Å². The number of nitrogens with zero attached hydrogens (tertiary/aromatic N) is 2. The lowest BCUT2D eigenvalue weighted by atomic mass is 9.78. The molecule has 1 aromatic rings. The monoisotopic (exact) mass is 272 g/mol. The lowest BCUT2D eigenvalue weighted by Gasteiger charge is -2.32. The Morgan fingerprint density at radius 3 is 2.40 bits per heavy atom. The van der Waals surface area contributed by atoms with Gasteiger partial charge in [-0.2, -0.15) is 5.26 Å². The van der Waals surface area contributed by atoms with Gasteiger partial charge < -0.3 is 14.1 Å². The third kappa shape index (κ3) is 2.60. The standard InChI is InChI=1S/C14H17BN2O3/c1-13(2)14(3,4)20-15(19-13)10-7-11(5-6-18)17-12(8-10)9-16/h6-8H,5H2,1-4H3. The second-order valence-electron chi connectivity index (χ2n) is 5.85. The highest BCUT2D eigenvalue weighted by Gasteiger charge is 2.51. The van der Waals surface area contributed by atoms with E-state index >= 15 is 0 Å². The van der Waals surface area contributed by atoms with Crippen LogP contribution in [0.3, 0.4) is 0 Å². The molecule has 2 rings (SSSR count). The zero-order valence-corrected chi connectivity index (χ0v) is 12.1. The van der Waals surface area contributed by atoms with E-state index in [0.29, 0.717) is 11.2 Å². The molecule has 1 fully saturated rings. The summed E-state index contributed by atoms with van der Waals surface area (Å²) in [4.78, 5) is 14.7. The second-order valence-corrected chi connectivity index (χ2v) is 5.85. The van der Waals surface area contributed by atoms with E-state index in [1.54, 1.807) is 12.1 Å². The molecule has 0 saturated carbocycles. The van der Waals surface area contributed by atoms with Crippen molar-refractivity contribution in [1.82, 2.24) is 4.98 Å². The zero-order chi connectivity index (χ0) is 15.0. The van der Waals surface area contributed by atoms with E-state index in [-0.39, 0.29) is 12.1 Å². The van der Waals surface area contributed by atoms with E-state index in [1.807, 2.05) is 33.8 Å². The molecule has 1 saturated heterocycles. The number of nitriles is 1. The lowest BCUT2D eigenvalue weighted by molar-refractivity contribution is -0.107. The third-order valence-corrected chi connectivity index (χ3v) is 3.83. The summed E-state index contributed by atoms with van der Waals surface area (Å²) >= 11 is 0. The van der Waals surface area contributed by atoms with Crippen molar-refractivity contribution in [1.29, 1.82) is 5.26 Å². The fourth-order valence-electron chi connectivity index (χ4n) is 1.97. The van der Waals surface area contributed by atoms with Crippen molar-refractivity contribution >= 4 is 18.9 Å². The van der Waals surface area contributed by atoms with Gasteiger partial charge in [0.25, 0.3) is 0 Å². The minimum atomic E-state index is -0.555. The van der Waals surface area contributed by atoms with Gasteiger partial charge in [-0.15, -0.1) is 0 Å². The van der Waals surface area contributed by atoms with Crippen molar-refractivity contribution in [2.45, 2.75) is 45.3 Å². The van der Waals surface area contributed by atoms with Crippen LogP contribution in [-0.4, -0.2) is 29.6 Å². The van der Waals surface area contributed by atoms with Crippen LogP contribution < -0.4 is 5.46 Å². The minimum Gasteiger partial charge on any atom is -0.399 e. The van der Waals surface area contributed by atoms with Gasteiger partial charge in [-0.05, 0) is 45.3 Å². The molecule has 0 amide bonds. The molecule has 0 atom stereocenters. The quantitative estimate of drug-likeness (QED) is 0.606. The number of aldehydes is 1. The van der Waals surface area contributed by atoms with Crippen LogP contribution >= 0.6 is 0 Å². The van der Waals surface area contributed by atoms with Crippen LogP contribution in [0.25, 0.3) is 0 Å². The molecular formula is C14H17BN2O3. The number of pyridine rings is 1. The van der Waals surface area contributed by atoms with Crippen LogP contribution in [0.15, 0.2) is 12.1 Å². The molecule has 0 aliphatic carbocycles. The van der Waals surface area contributed by atoms with Gasteiger partial charge in [-0.3, -0.25) is 0 Å². The first kappa shape index (κ1) is 14.7. The van der Waals surface area contributed by atoms with E-state index in [2.05, 4.69) is 4.98 Å². The predicted octanol–water partition coefficient (Wildman–Crippen LogP) is 0.994. The number of hydrogen-bond donors (Lipinski definition) is 0. The summed E-state index contributed by atoms with van der Waals surface area (Å²) in [6, 6.07) is 5.38. The molecule has 6 heteroatoms. The SMILES string of the molecule is CC1(C)OB(c2cc(C#N)nc(CC=O)c2)OC1(C)C. The summed E-state index contributed by atoms with van der Waals surface area (Å²) in [5.41, 5.74) is 0.627. The maximum Gasteiger partial charge on any atom is 0.495 e. The Morgan fingerprint density at radius 1 is 1.30 bits per heavy atom. The van der Waals surface area contributed by atoms with Crippen molar-refractivity contribution in [2.75, 3.05) is 0 Å². The molecule has 2 heterocycles. The molecule has 0 N–H and O–H groups in total. The summed E-state index contributed by atoms with van der Waals surface area (Å²) in [7, 11) is -0.555. The number of rotatable bonds is 3. The Kier molecular flexibility index (Phi) is 3.68. The normalized spacial score (nSPS) is 19.6. The summed E-state index contributed by atoms with van der Waals surface area (Å²) in [5.74, 6) is 0. The van der Waals surface area contributed by atoms with Crippen LogP contribution in [-0.2, 0) is 20.5 Å². The van der Waals surface area contributed by atoms with Gasteiger partial charge >= 0.3 is 7.12 Å².